The zero-order valence-electron chi connectivity index (χ0n) is 20.1. The number of aromatic nitrogens is 4. The standard InChI is InChI=1S/C26H25N5O4S/c1-33-21-12-16(13-22(34-2)25(21)35-3)26(32)27-15-17(31-29-18-8-4-5-9-19(18)30-31)14-24-28-20-10-6-7-11-23(20)36-24/h4-13,17H,14-15H2,1-3H3,(H,27,32). The van der Waals surface area contributed by atoms with Crippen LogP contribution >= 0.6 is 11.3 Å². The number of thiazole rings is 1. The molecular formula is C26H25N5O4S. The molecule has 0 radical (unpaired) electrons. The van der Waals surface area contributed by atoms with Crippen LogP contribution in [0.4, 0.5) is 0 Å². The van der Waals surface area contributed by atoms with Crippen molar-refractivity contribution < 1.29 is 19.0 Å². The minimum Gasteiger partial charge on any atom is -0.493 e. The number of nitrogens with zero attached hydrogens (tertiary/aromatic N) is 4. The monoisotopic (exact) mass is 503 g/mol. The van der Waals surface area contributed by atoms with E-state index in [1.165, 1.54) is 21.3 Å². The molecule has 9 nitrogen and oxygen atoms in total. The first-order valence-corrected chi connectivity index (χ1v) is 12.2. The Morgan fingerprint density at radius 2 is 1.53 bits per heavy atom. The molecule has 10 heteroatoms. The van der Waals surface area contributed by atoms with Crippen molar-refractivity contribution in [2.24, 2.45) is 0 Å². The van der Waals surface area contributed by atoms with E-state index in [4.69, 9.17) is 19.2 Å². The molecule has 1 amide bonds. The highest BCUT2D eigenvalue weighted by molar-refractivity contribution is 7.18. The van der Waals surface area contributed by atoms with Crippen LogP contribution in [-0.4, -0.2) is 53.8 Å². The molecule has 0 spiro atoms. The second kappa shape index (κ2) is 10.2. The van der Waals surface area contributed by atoms with Crippen LogP contribution in [0.2, 0.25) is 0 Å². The highest BCUT2D eigenvalue weighted by Gasteiger charge is 2.21. The van der Waals surface area contributed by atoms with Gasteiger partial charge in [-0.25, -0.2) is 4.98 Å². The van der Waals surface area contributed by atoms with Crippen molar-refractivity contribution in [2.75, 3.05) is 27.9 Å². The number of nitrogens with one attached hydrogen (secondary N) is 1. The van der Waals surface area contributed by atoms with E-state index in [0.29, 0.717) is 35.8 Å². The maximum absolute atomic E-state index is 13.2. The zero-order valence-corrected chi connectivity index (χ0v) is 20.9. The van der Waals surface area contributed by atoms with Gasteiger partial charge < -0.3 is 19.5 Å². The van der Waals surface area contributed by atoms with E-state index in [2.05, 4.69) is 21.6 Å². The average Bonchev–Trinajstić information content (AvgIpc) is 3.53. The Labute approximate surface area is 211 Å². The van der Waals surface area contributed by atoms with Crippen molar-refractivity contribution >= 4 is 38.5 Å². The quantitative estimate of drug-likeness (QED) is 0.320. The first-order chi connectivity index (χ1) is 17.6. The summed E-state index contributed by atoms with van der Waals surface area (Å²) < 4.78 is 17.3. The van der Waals surface area contributed by atoms with Crippen LogP contribution in [0.15, 0.2) is 60.7 Å². The summed E-state index contributed by atoms with van der Waals surface area (Å²) in [6.45, 7) is 0.298. The minimum atomic E-state index is -0.278. The molecule has 1 atom stereocenters. The summed E-state index contributed by atoms with van der Waals surface area (Å²) >= 11 is 1.63. The predicted octanol–water partition coefficient (Wildman–Crippen LogP) is 4.28. The number of hydrogen-bond acceptors (Lipinski definition) is 8. The van der Waals surface area contributed by atoms with Gasteiger partial charge in [-0.3, -0.25) is 4.79 Å². The normalized spacial score (nSPS) is 12.0. The molecule has 0 saturated heterocycles. The number of rotatable bonds is 9. The van der Waals surface area contributed by atoms with Gasteiger partial charge in [0.15, 0.2) is 11.5 Å². The molecule has 36 heavy (non-hydrogen) atoms. The molecule has 184 valence electrons. The molecule has 0 aliphatic rings. The Balaban J connectivity index is 1.42. The first kappa shape index (κ1) is 23.6. The molecule has 1 unspecified atom stereocenters. The molecule has 2 heterocycles. The van der Waals surface area contributed by atoms with Crippen LogP contribution in [0.5, 0.6) is 17.2 Å². The molecule has 0 aliphatic heterocycles. The number of carbonyl (C=O) groups is 1. The molecular weight excluding hydrogens is 478 g/mol. The Morgan fingerprint density at radius 1 is 0.917 bits per heavy atom. The van der Waals surface area contributed by atoms with Crippen molar-refractivity contribution in [3.63, 3.8) is 0 Å². The van der Waals surface area contributed by atoms with Gasteiger partial charge in [0, 0.05) is 18.5 Å². The minimum absolute atomic E-state index is 0.246. The number of fused-ring (bicyclic) bond motifs is 2. The maximum Gasteiger partial charge on any atom is 0.251 e. The summed E-state index contributed by atoms with van der Waals surface area (Å²) in [7, 11) is 4.55. The van der Waals surface area contributed by atoms with Gasteiger partial charge >= 0.3 is 0 Å². The highest BCUT2D eigenvalue weighted by atomic mass is 32.1. The van der Waals surface area contributed by atoms with Gasteiger partial charge in [-0.2, -0.15) is 15.0 Å². The van der Waals surface area contributed by atoms with Gasteiger partial charge in [0.25, 0.3) is 5.91 Å². The summed E-state index contributed by atoms with van der Waals surface area (Å²) in [5.41, 5.74) is 2.93. The lowest BCUT2D eigenvalue weighted by Gasteiger charge is -2.17. The topological polar surface area (TPSA) is 100 Å². The number of hydrogen-bond donors (Lipinski definition) is 1. The Hall–Kier alpha value is -4.18. The van der Waals surface area contributed by atoms with Gasteiger partial charge in [0.2, 0.25) is 5.75 Å². The molecule has 5 rings (SSSR count). The van der Waals surface area contributed by atoms with E-state index in [1.807, 2.05) is 42.5 Å². The number of benzene rings is 3. The Morgan fingerprint density at radius 3 is 2.11 bits per heavy atom. The summed E-state index contributed by atoms with van der Waals surface area (Å²) in [5, 5.41) is 13.3. The SMILES string of the molecule is COc1cc(C(=O)NCC(Cc2nc3ccccc3s2)n2nc3ccccc3n2)cc(OC)c1OC. The van der Waals surface area contributed by atoms with E-state index in [-0.39, 0.29) is 11.9 Å². The molecule has 0 aliphatic carbocycles. The van der Waals surface area contributed by atoms with Crippen LogP contribution in [-0.2, 0) is 6.42 Å². The summed E-state index contributed by atoms with van der Waals surface area (Å²) in [6, 6.07) is 18.7. The van der Waals surface area contributed by atoms with E-state index in [0.717, 1.165) is 26.3 Å². The third-order valence-corrected chi connectivity index (χ3v) is 6.86. The van der Waals surface area contributed by atoms with Gasteiger partial charge in [0.1, 0.15) is 11.0 Å². The van der Waals surface area contributed by atoms with Crippen LogP contribution < -0.4 is 19.5 Å². The van der Waals surface area contributed by atoms with Crippen molar-refractivity contribution in [3.05, 3.63) is 71.2 Å². The largest absolute Gasteiger partial charge is 0.493 e. The highest BCUT2D eigenvalue weighted by Crippen LogP contribution is 2.38. The second-order valence-corrected chi connectivity index (χ2v) is 9.18. The molecule has 0 saturated carbocycles. The average molecular weight is 504 g/mol. The first-order valence-electron chi connectivity index (χ1n) is 11.3. The summed E-state index contributed by atoms with van der Waals surface area (Å²) in [4.78, 5) is 19.6. The molecule has 0 bridgehead atoms. The van der Waals surface area contributed by atoms with Gasteiger partial charge in [-0.15, -0.1) is 11.3 Å². The second-order valence-electron chi connectivity index (χ2n) is 8.07. The maximum atomic E-state index is 13.2. The molecule has 5 aromatic rings. The molecule has 3 aromatic carbocycles. The Kier molecular flexibility index (Phi) is 6.68. The van der Waals surface area contributed by atoms with Crippen LogP contribution in [0.3, 0.4) is 0 Å². The van der Waals surface area contributed by atoms with Crippen molar-refractivity contribution in [2.45, 2.75) is 12.5 Å². The van der Waals surface area contributed by atoms with E-state index in [9.17, 15) is 4.79 Å². The van der Waals surface area contributed by atoms with Gasteiger partial charge in [-0.1, -0.05) is 24.3 Å². The predicted molar refractivity (Wildman–Crippen MR) is 138 cm³/mol. The summed E-state index contributed by atoms with van der Waals surface area (Å²) in [5.74, 6) is 0.971. The fourth-order valence-corrected chi connectivity index (χ4v) is 5.05. The van der Waals surface area contributed by atoms with E-state index < -0.39 is 0 Å². The number of methoxy groups -OCH3 is 3. The molecule has 2 aromatic heterocycles. The number of ether oxygens (including phenoxy) is 3. The molecule has 0 fully saturated rings. The lowest BCUT2D eigenvalue weighted by Crippen LogP contribution is -2.32. The third kappa shape index (κ3) is 4.67. The fraction of sp³-hybridized carbons (Fsp3) is 0.231. The number of para-hydroxylation sites is 1. The molecule has 1 N–H and O–H groups in total. The lowest BCUT2D eigenvalue weighted by molar-refractivity contribution is 0.0945. The number of carbonyl (C=O) groups excluding carboxylic acids is 1. The summed E-state index contributed by atoms with van der Waals surface area (Å²) in [6.07, 6.45) is 0.565. The third-order valence-electron chi connectivity index (χ3n) is 5.80. The van der Waals surface area contributed by atoms with Crippen LogP contribution in [0, 0.1) is 0 Å². The van der Waals surface area contributed by atoms with Gasteiger partial charge in [-0.05, 0) is 36.4 Å². The van der Waals surface area contributed by atoms with E-state index in [1.54, 1.807) is 28.3 Å². The van der Waals surface area contributed by atoms with Crippen molar-refractivity contribution in [1.82, 2.24) is 25.3 Å². The van der Waals surface area contributed by atoms with E-state index >= 15 is 0 Å². The van der Waals surface area contributed by atoms with Crippen LogP contribution in [0.1, 0.15) is 21.4 Å². The van der Waals surface area contributed by atoms with Crippen molar-refractivity contribution in [3.8, 4) is 17.2 Å². The van der Waals surface area contributed by atoms with Crippen LogP contribution in [0.25, 0.3) is 21.3 Å². The van der Waals surface area contributed by atoms with Gasteiger partial charge in [0.05, 0.1) is 42.6 Å². The fourth-order valence-electron chi connectivity index (χ4n) is 4.01. The smallest absolute Gasteiger partial charge is 0.251 e. The zero-order chi connectivity index (χ0) is 25.1. The van der Waals surface area contributed by atoms with Crippen molar-refractivity contribution in [1.29, 1.82) is 0 Å². The Bertz CT molecular complexity index is 1440. The number of amides is 1. The lowest BCUT2D eigenvalue weighted by atomic mass is 10.1.